The molecule has 1 atom stereocenters. The first-order valence-corrected chi connectivity index (χ1v) is 4.70. The van der Waals surface area contributed by atoms with Crippen LogP contribution in [0.4, 0.5) is 4.39 Å². The quantitative estimate of drug-likeness (QED) is 0.804. The SMILES string of the molecule is CCC(O)COc1cc(F)ccc1C. The molecule has 0 spiro atoms. The lowest BCUT2D eigenvalue weighted by atomic mass is 10.2. The van der Waals surface area contributed by atoms with Crippen molar-refractivity contribution in [1.29, 1.82) is 0 Å². The van der Waals surface area contributed by atoms with Gasteiger partial charge in [-0.15, -0.1) is 0 Å². The molecular formula is C11H15FO2. The summed E-state index contributed by atoms with van der Waals surface area (Å²) >= 11 is 0. The molecule has 1 rings (SSSR count). The van der Waals surface area contributed by atoms with Crippen LogP contribution in [0.1, 0.15) is 18.9 Å². The Labute approximate surface area is 83.3 Å². The van der Waals surface area contributed by atoms with Gasteiger partial charge in [0.1, 0.15) is 18.2 Å². The van der Waals surface area contributed by atoms with Crippen molar-refractivity contribution < 1.29 is 14.2 Å². The summed E-state index contributed by atoms with van der Waals surface area (Å²) in [5.41, 5.74) is 0.870. The van der Waals surface area contributed by atoms with Crippen LogP contribution in [0.3, 0.4) is 0 Å². The lowest BCUT2D eigenvalue weighted by Crippen LogP contribution is -2.16. The number of hydrogen-bond donors (Lipinski definition) is 1. The lowest BCUT2D eigenvalue weighted by molar-refractivity contribution is 0.104. The molecule has 0 amide bonds. The number of halogens is 1. The van der Waals surface area contributed by atoms with Crippen LogP contribution >= 0.6 is 0 Å². The average Bonchev–Trinajstić information content (AvgIpc) is 2.19. The number of aryl methyl sites for hydroxylation is 1. The highest BCUT2D eigenvalue weighted by Gasteiger charge is 2.05. The third-order valence-corrected chi connectivity index (χ3v) is 2.05. The van der Waals surface area contributed by atoms with Gasteiger partial charge in [0.05, 0.1) is 6.10 Å². The molecule has 0 radical (unpaired) electrons. The standard InChI is InChI=1S/C11H15FO2/c1-3-10(13)7-14-11-6-9(12)5-4-8(11)2/h4-6,10,13H,3,7H2,1-2H3. The zero-order valence-electron chi connectivity index (χ0n) is 8.46. The van der Waals surface area contributed by atoms with Gasteiger partial charge < -0.3 is 9.84 Å². The van der Waals surface area contributed by atoms with Crippen LogP contribution in [0.25, 0.3) is 0 Å². The molecule has 3 heteroatoms. The maximum absolute atomic E-state index is 12.8. The summed E-state index contributed by atoms with van der Waals surface area (Å²) in [6.07, 6.45) is 0.145. The van der Waals surface area contributed by atoms with E-state index in [1.165, 1.54) is 12.1 Å². The Morgan fingerprint density at radius 1 is 1.50 bits per heavy atom. The van der Waals surface area contributed by atoms with Crippen molar-refractivity contribution in [1.82, 2.24) is 0 Å². The van der Waals surface area contributed by atoms with E-state index in [-0.39, 0.29) is 12.4 Å². The molecule has 14 heavy (non-hydrogen) atoms. The van der Waals surface area contributed by atoms with Gasteiger partial charge in [-0.2, -0.15) is 0 Å². The highest BCUT2D eigenvalue weighted by molar-refractivity contribution is 5.32. The zero-order chi connectivity index (χ0) is 10.6. The van der Waals surface area contributed by atoms with Gasteiger partial charge in [0.25, 0.3) is 0 Å². The number of ether oxygens (including phenoxy) is 1. The molecule has 0 bridgehead atoms. The molecule has 1 unspecified atom stereocenters. The maximum Gasteiger partial charge on any atom is 0.126 e. The summed E-state index contributed by atoms with van der Waals surface area (Å²) in [4.78, 5) is 0. The van der Waals surface area contributed by atoms with E-state index in [0.717, 1.165) is 5.56 Å². The van der Waals surface area contributed by atoms with Crippen molar-refractivity contribution in [2.45, 2.75) is 26.4 Å². The van der Waals surface area contributed by atoms with Gasteiger partial charge in [-0.1, -0.05) is 13.0 Å². The van der Waals surface area contributed by atoms with E-state index in [1.54, 1.807) is 6.07 Å². The number of aliphatic hydroxyl groups is 1. The summed E-state index contributed by atoms with van der Waals surface area (Å²) in [6.45, 7) is 3.92. The van der Waals surface area contributed by atoms with Crippen molar-refractivity contribution >= 4 is 0 Å². The van der Waals surface area contributed by atoms with Crippen molar-refractivity contribution in [2.24, 2.45) is 0 Å². The minimum absolute atomic E-state index is 0.209. The minimum Gasteiger partial charge on any atom is -0.491 e. The smallest absolute Gasteiger partial charge is 0.126 e. The maximum atomic E-state index is 12.8. The number of hydrogen-bond acceptors (Lipinski definition) is 2. The molecule has 0 heterocycles. The molecule has 1 aromatic carbocycles. The second kappa shape index (κ2) is 4.96. The normalized spacial score (nSPS) is 12.6. The monoisotopic (exact) mass is 198 g/mol. The fourth-order valence-electron chi connectivity index (χ4n) is 1.03. The number of rotatable bonds is 4. The predicted octanol–water partition coefficient (Wildman–Crippen LogP) is 2.28. The first-order valence-electron chi connectivity index (χ1n) is 4.70. The van der Waals surface area contributed by atoms with Gasteiger partial charge in [0, 0.05) is 6.07 Å². The zero-order valence-corrected chi connectivity index (χ0v) is 8.46. The molecule has 0 saturated carbocycles. The molecule has 0 saturated heterocycles. The van der Waals surface area contributed by atoms with E-state index in [1.807, 2.05) is 13.8 Å². The summed E-state index contributed by atoms with van der Waals surface area (Å²) in [6, 6.07) is 4.37. The third-order valence-electron chi connectivity index (χ3n) is 2.05. The van der Waals surface area contributed by atoms with Crippen LogP contribution in [-0.4, -0.2) is 17.8 Å². The van der Waals surface area contributed by atoms with Crippen LogP contribution in [0.15, 0.2) is 18.2 Å². The number of benzene rings is 1. The summed E-state index contributed by atoms with van der Waals surface area (Å²) < 4.78 is 18.1. The molecule has 0 aliphatic carbocycles. The summed E-state index contributed by atoms with van der Waals surface area (Å²) in [5, 5.41) is 9.26. The Kier molecular flexibility index (Phi) is 3.89. The van der Waals surface area contributed by atoms with Crippen LogP contribution in [0.2, 0.25) is 0 Å². The van der Waals surface area contributed by atoms with Crippen molar-refractivity contribution in [3.05, 3.63) is 29.6 Å². The Bertz CT molecular complexity index is 299. The first kappa shape index (κ1) is 11.0. The fourth-order valence-corrected chi connectivity index (χ4v) is 1.03. The Morgan fingerprint density at radius 3 is 2.86 bits per heavy atom. The molecule has 0 aliphatic rings. The molecule has 0 aliphatic heterocycles. The molecule has 1 N–H and O–H groups in total. The van der Waals surface area contributed by atoms with E-state index in [0.29, 0.717) is 12.2 Å². The Hall–Kier alpha value is -1.09. The highest BCUT2D eigenvalue weighted by atomic mass is 19.1. The van der Waals surface area contributed by atoms with Crippen molar-refractivity contribution in [3.8, 4) is 5.75 Å². The molecular weight excluding hydrogens is 183 g/mol. The second-order valence-corrected chi connectivity index (χ2v) is 3.28. The van der Waals surface area contributed by atoms with Gasteiger partial charge in [-0.05, 0) is 25.0 Å². The van der Waals surface area contributed by atoms with Crippen molar-refractivity contribution in [2.75, 3.05) is 6.61 Å². The summed E-state index contributed by atoms with van der Waals surface area (Å²) in [5.74, 6) is 0.175. The van der Waals surface area contributed by atoms with Crippen LogP contribution in [0.5, 0.6) is 5.75 Å². The van der Waals surface area contributed by atoms with E-state index >= 15 is 0 Å². The topological polar surface area (TPSA) is 29.5 Å². The highest BCUT2D eigenvalue weighted by Crippen LogP contribution is 2.18. The van der Waals surface area contributed by atoms with Crippen LogP contribution < -0.4 is 4.74 Å². The molecule has 0 fully saturated rings. The van der Waals surface area contributed by atoms with E-state index < -0.39 is 6.10 Å². The minimum atomic E-state index is -0.488. The second-order valence-electron chi connectivity index (χ2n) is 3.28. The van der Waals surface area contributed by atoms with Gasteiger partial charge in [0.15, 0.2) is 0 Å². The first-order chi connectivity index (χ1) is 6.63. The summed E-state index contributed by atoms with van der Waals surface area (Å²) in [7, 11) is 0. The van der Waals surface area contributed by atoms with Crippen molar-refractivity contribution in [3.63, 3.8) is 0 Å². The largest absolute Gasteiger partial charge is 0.491 e. The molecule has 78 valence electrons. The molecule has 2 nitrogen and oxygen atoms in total. The molecule has 1 aromatic rings. The number of aliphatic hydroxyl groups excluding tert-OH is 1. The molecule has 0 aromatic heterocycles. The Balaban J connectivity index is 2.62. The van der Waals surface area contributed by atoms with Gasteiger partial charge >= 0.3 is 0 Å². The predicted molar refractivity (Wildman–Crippen MR) is 52.9 cm³/mol. The van der Waals surface area contributed by atoms with Gasteiger partial charge in [0.2, 0.25) is 0 Å². The van der Waals surface area contributed by atoms with Gasteiger partial charge in [-0.3, -0.25) is 0 Å². The van der Waals surface area contributed by atoms with Crippen LogP contribution in [0, 0.1) is 12.7 Å². The lowest BCUT2D eigenvalue weighted by Gasteiger charge is -2.12. The third kappa shape index (κ3) is 3.00. The van der Waals surface area contributed by atoms with E-state index in [4.69, 9.17) is 4.74 Å². The van der Waals surface area contributed by atoms with Gasteiger partial charge in [-0.25, -0.2) is 4.39 Å². The fraction of sp³-hybridized carbons (Fsp3) is 0.455. The van der Waals surface area contributed by atoms with E-state index in [9.17, 15) is 9.50 Å². The van der Waals surface area contributed by atoms with Crippen LogP contribution in [-0.2, 0) is 0 Å². The average molecular weight is 198 g/mol. The Morgan fingerprint density at radius 2 is 2.21 bits per heavy atom. The van der Waals surface area contributed by atoms with E-state index in [2.05, 4.69) is 0 Å².